The first-order valence-corrected chi connectivity index (χ1v) is 7.19. The lowest BCUT2D eigenvalue weighted by atomic mass is 10.0. The molecule has 0 spiro atoms. The predicted octanol–water partition coefficient (Wildman–Crippen LogP) is 4.93. The molecule has 0 aliphatic carbocycles. The zero-order valence-electron chi connectivity index (χ0n) is 11.7. The summed E-state index contributed by atoms with van der Waals surface area (Å²) in [7, 11) is 0. The van der Waals surface area contributed by atoms with Crippen molar-refractivity contribution in [1.29, 1.82) is 0 Å². The zero-order chi connectivity index (χ0) is 14.5. The summed E-state index contributed by atoms with van der Waals surface area (Å²) in [5.41, 5.74) is 2.21. The maximum Gasteiger partial charge on any atom is 0.142 e. The molecule has 0 aliphatic heterocycles. The molecule has 0 amide bonds. The van der Waals surface area contributed by atoms with Gasteiger partial charge in [0.1, 0.15) is 5.82 Å². The van der Waals surface area contributed by atoms with Crippen LogP contribution in [0.3, 0.4) is 0 Å². The number of nitrogens with one attached hydrogen (secondary N) is 1. The monoisotopic (exact) mass is 291 g/mol. The van der Waals surface area contributed by atoms with Crippen LogP contribution in [0.2, 0.25) is 5.02 Å². The van der Waals surface area contributed by atoms with Gasteiger partial charge in [-0.3, -0.25) is 0 Å². The lowest BCUT2D eigenvalue weighted by Gasteiger charge is -2.18. The van der Waals surface area contributed by atoms with E-state index in [1.165, 1.54) is 11.6 Å². The summed E-state index contributed by atoms with van der Waals surface area (Å²) < 4.78 is 13.4. The Morgan fingerprint density at radius 3 is 2.40 bits per heavy atom. The molecule has 0 fully saturated rings. The first kappa shape index (κ1) is 15.0. The van der Waals surface area contributed by atoms with Crippen LogP contribution in [0, 0.1) is 5.82 Å². The third-order valence-corrected chi connectivity index (χ3v) is 3.85. The van der Waals surface area contributed by atoms with E-state index in [1.807, 2.05) is 31.2 Å². The summed E-state index contributed by atoms with van der Waals surface area (Å²) in [6, 6.07) is 15.4. The quantitative estimate of drug-likeness (QED) is 0.823. The van der Waals surface area contributed by atoms with Gasteiger partial charge in [0.15, 0.2) is 0 Å². The largest absolute Gasteiger partial charge is 0.310 e. The Balaban J connectivity index is 1.95. The molecular formula is C17H19ClFN. The third kappa shape index (κ3) is 3.81. The van der Waals surface area contributed by atoms with Gasteiger partial charge in [0.25, 0.3) is 0 Å². The van der Waals surface area contributed by atoms with E-state index in [0.717, 1.165) is 12.1 Å². The molecule has 0 heterocycles. The highest BCUT2D eigenvalue weighted by Gasteiger charge is 2.10. The van der Waals surface area contributed by atoms with Crippen LogP contribution >= 0.6 is 11.6 Å². The maximum absolute atomic E-state index is 13.4. The Hall–Kier alpha value is -1.38. The Bertz CT molecular complexity index is 556. The fourth-order valence-electron chi connectivity index (χ4n) is 2.15. The summed E-state index contributed by atoms with van der Waals surface area (Å²) in [4.78, 5) is 0. The molecule has 0 aliphatic rings. The van der Waals surface area contributed by atoms with Gasteiger partial charge in [-0.1, -0.05) is 54.9 Å². The van der Waals surface area contributed by atoms with Gasteiger partial charge >= 0.3 is 0 Å². The fourth-order valence-corrected chi connectivity index (χ4v) is 2.27. The summed E-state index contributed by atoms with van der Waals surface area (Å²) in [5, 5.41) is 3.60. The van der Waals surface area contributed by atoms with E-state index >= 15 is 0 Å². The maximum atomic E-state index is 13.4. The molecule has 0 radical (unpaired) electrons. The van der Waals surface area contributed by atoms with Crippen molar-refractivity contribution in [1.82, 2.24) is 5.32 Å². The van der Waals surface area contributed by atoms with Crippen LogP contribution in [0.5, 0.6) is 0 Å². The van der Waals surface area contributed by atoms with Crippen LogP contribution in [0.25, 0.3) is 0 Å². The Labute approximate surface area is 124 Å². The Kier molecular flexibility index (Phi) is 5.16. The molecular weight excluding hydrogens is 273 g/mol. The molecule has 2 aromatic carbocycles. The topological polar surface area (TPSA) is 12.0 Å². The third-order valence-electron chi connectivity index (χ3n) is 3.54. The van der Waals surface area contributed by atoms with Crippen molar-refractivity contribution in [2.45, 2.75) is 25.8 Å². The average Bonchev–Trinajstić information content (AvgIpc) is 2.48. The van der Waals surface area contributed by atoms with Gasteiger partial charge in [-0.05, 0) is 36.1 Å². The summed E-state index contributed by atoms with van der Waals surface area (Å²) in [6.45, 7) is 5.05. The Morgan fingerprint density at radius 1 is 1.05 bits per heavy atom. The van der Waals surface area contributed by atoms with Crippen molar-refractivity contribution in [3.63, 3.8) is 0 Å². The van der Waals surface area contributed by atoms with Crippen LogP contribution in [0.15, 0.2) is 48.5 Å². The van der Waals surface area contributed by atoms with Gasteiger partial charge < -0.3 is 5.32 Å². The van der Waals surface area contributed by atoms with Crippen LogP contribution < -0.4 is 5.32 Å². The van der Waals surface area contributed by atoms with Gasteiger partial charge in [-0.2, -0.15) is 0 Å². The lowest BCUT2D eigenvalue weighted by molar-refractivity contribution is 0.533. The molecule has 106 valence electrons. The van der Waals surface area contributed by atoms with E-state index in [4.69, 9.17) is 11.6 Å². The van der Waals surface area contributed by atoms with Gasteiger partial charge in [-0.25, -0.2) is 4.39 Å². The molecule has 2 aromatic rings. The molecule has 0 saturated carbocycles. The van der Waals surface area contributed by atoms with E-state index < -0.39 is 0 Å². The number of hydrogen-bond acceptors (Lipinski definition) is 1. The molecule has 2 atom stereocenters. The van der Waals surface area contributed by atoms with Crippen molar-refractivity contribution in [3.8, 4) is 0 Å². The van der Waals surface area contributed by atoms with E-state index in [-0.39, 0.29) is 16.9 Å². The number of rotatable bonds is 5. The lowest BCUT2D eigenvalue weighted by Crippen LogP contribution is -2.23. The second-order valence-corrected chi connectivity index (χ2v) is 5.52. The number of halogens is 2. The molecule has 0 bridgehead atoms. The standard InChI is InChI=1S/C17H19ClFN/c1-12(14-6-4-3-5-7-14)11-20-13(2)15-8-9-16(18)17(19)10-15/h3-10,12-13,20H,11H2,1-2H3. The van der Waals surface area contributed by atoms with Crippen molar-refractivity contribution in [2.75, 3.05) is 6.54 Å². The van der Waals surface area contributed by atoms with E-state index in [9.17, 15) is 4.39 Å². The second kappa shape index (κ2) is 6.87. The summed E-state index contributed by atoms with van der Waals surface area (Å²) in [6.07, 6.45) is 0. The summed E-state index contributed by atoms with van der Waals surface area (Å²) in [5.74, 6) is 0.0460. The minimum absolute atomic E-state index is 0.0907. The van der Waals surface area contributed by atoms with Gasteiger partial charge in [0.05, 0.1) is 5.02 Å². The van der Waals surface area contributed by atoms with E-state index in [2.05, 4.69) is 24.4 Å². The fraction of sp³-hybridized carbons (Fsp3) is 0.294. The minimum Gasteiger partial charge on any atom is -0.310 e. The van der Waals surface area contributed by atoms with E-state index in [0.29, 0.717) is 5.92 Å². The molecule has 1 nitrogen and oxygen atoms in total. The highest BCUT2D eigenvalue weighted by atomic mass is 35.5. The van der Waals surface area contributed by atoms with Crippen LogP contribution in [0.1, 0.15) is 36.9 Å². The second-order valence-electron chi connectivity index (χ2n) is 5.12. The molecule has 2 unspecified atom stereocenters. The van der Waals surface area contributed by atoms with Gasteiger partial charge in [0.2, 0.25) is 0 Å². The molecule has 2 rings (SSSR count). The van der Waals surface area contributed by atoms with Crippen molar-refractivity contribution < 1.29 is 4.39 Å². The van der Waals surface area contributed by atoms with Crippen molar-refractivity contribution in [3.05, 3.63) is 70.5 Å². The molecule has 1 N–H and O–H groups in total. The highest BCUT2D eigenvalue weighted by molar-refractivity contribution is 6.30. The summed E-state index contributed by atoms with van der Waals surface area (Å²) >= 11 is 5.70. The highest BCUT2D eigenvalue weighted by Crippen LogP contribution is 2.21. The molecule has 20 heavy (non-hydrogen) atoms. The Morgan fingerprint density at radius 2 is 1.75 bits per heavy atom. The first-order chi connectivity index (χ1) is 9.58. The minimum atomic E-state index is -0.367. The van der Waals surface area contributed by atoms with Crippen molar-refractivity contribution in [2.24, 2.45) is 0 Å². The van der Waals surface area contributed by atoms with Gasteiger partial charge in [0, 0.05) is 12.6 Å². The van der Waals surface area contributed by atoms with Crippen molar-refractivity contribution >= 4 is 11.6 Å². The smallest absolute Gasteiger partial charge is 0.142 e. The predicted molar refractivity (Wildman–Crippen MR) is 82.7 cm³/mol. The SMILES string of the molecule is CC(CNC(C)c1ccc(Cl)c(F)c1)c1ccccc1. The average molecular weight is 292 g/mol. The molecule has 0 aromatic heterocycles. The van der Waals surface area contributed by atoms with Crippen LogP contribution in [-0.4, -0.2) is 6.54 Å². The van der Waals surface area contributed by atoms with Crippen LogP contribution in [-0.2, 0) is 0 Å². The van der Waals surface area contributed by atoms with E-state index in [1.54, 1.807) is 6.07 Å². The molecule has 3 heteroatoms. The number of hydrogen-bond donors (Lipinski definition) is 1. The normalized spacial score (nSPS) is 14.0. The first-order valence-electron chi connectivity index (χ1n) is 6.81. The van der Waals surface area contributed by atoms with Crippen LogP contribution in [0.4, 0.5) is 4.39 Å². The number of benzene rings is 2. The zero-order valence-corrected chi connectivity index (χ0v) is 12.5. The molecule has 0 saturated heterocycles. The van der Waals surface area contributed by atoms with Gasteiger partial charge in [-0.15, -0.1) is 0 Å².